The third-order valence-electron chi connectivity index (χ3n) is 10.9. The fourth-order valence-corrected chi connectivity index (χ4v) is 8.15. The summed E-state index contributed by atoms with van der Waals surface area (Å²) in [7, 11) is 0. The maximum Gasteiger partial charge on any atom is -0.00259 e. The summed E-state index contributed by atoms with van der Waals surface area (Å²) in [4.78, 5) is 0. The van der Waals surface area contributed by atoms with Crippen LogP contribution in [0.15, 0.2) is 200 Å². The predicted molar refractivity (Wildman–Crippen MR) is 228 cm³/mol. The van der Waals surface area contributed by atoms with Gasteiger partial charge in [0, 0.05) is 0 Å². The number of aryl methyl sites for hydroxylation is 1. The van der Waals surface area contributed by atoms with Crippen molar-refractivity contribution in [2.45, 2.75) is 6.92 Å². The molecular formula is C53H36. The van der Waals surface area contributed by atoms with Crippen LogP contribution in [0.3, 0.4) is 0 Å². The Morgan fingerprint density at radius 2 is 0.566 bits per heavy atom. The zero-order valence-electron chi connectivity index (χ0n) is 29.6. The molecule has 10 rings (SSSR count). The zero-order chi connectivity index (χ0) is 35.3. The molecule has 0 unspecified atom stereocenters. The highest BCUT2D eigenvalue weighted by Gasteiger charge is 2.18. The second-order valence-electron chi connectivity index (χ2n) is 14.2. The third-order valence-corrected chi connectivity index (χ3v) is 10.9. The maximum atomic E-state index is 2.42. The van der Waals surface area contributed by atoms with Gasteiger partial charge in [-0.1, -0.05) is 175 Å². The van der Waals surface area contributed by atoms with Crippen LogP contribution in [0.25, 0.3) is 98.7 Å². The average Bonchev–Trinajstić information content (AvgIpc) is 3.23. The van der Waals surface area contributed by atoms with Crippen molar-refractivity contribution >= 4 is 43.1 Å². The molecule has 0 nitrogen and oxygen atoms in total. The monoisotopic (exact) mass is 672 g/mol. The van der Waals surface area contributed by atoms with E-state index >= 15 is 0 Å². The van der Waals surface area contributed by atoms with E-state index in [-0.39, 0.29) is 0 Å². The van der Waals surface area contributed by atoms with Gasteiger partial charge in [-0.2, -0.15) is 0 Å². The van der Waals surface area contributed by atoms with Crippen molar-refractivity contribution in [3.63, 3.8) is 0 Å². The molecule has 248 valence electrons. The van der Waals surface area contributed by atoms with Gasteiger partial charge in [0.15, 0.2) is 0 Å². The second-order valence-corrected chi connectivity index (χ2v) is 14.2. The van der Waals surface area contributed by atoms with E-state index in [2.05, 4.69) is 207 Å². The van der Waals surface area contributed by atoms with Crippen LogP contribution in [-0.4, -0.2) is 0 Å². The topological polar surface area (TPSA) is 0 Å². The van der Waals surface area contributed by atoms with Crippen molar-refractivity contribution < 1.29 is 0 Å². The van der Waals surface area contributed by atoms with Crippen LogP contribution >= 0.6 is 0 Å². The predicted octanol–water partition coefficient (Wildman–Crippen LogP) is 14.9. The van der Waals surface area contributed by atoms with E-state index in [1.807, 2.05) is 0 Å². The highest BCUT2D eigenvalue weighted by molar-refractivity contribution is 6.22. The van der Waals surface area contributed by atoms with Crippen LogP contribution in [0.2, 0.25) is 0 Å². The molecule has 0 heteroatoms. The van der Waals surface area contributed by atoms with E-state index < -0.39 is 0 Å². The molecule has 0 saturated heterocycles. The number of hydrogen-bond donors (Lipinski definition) is 0. The molecule has 0 saturated carbocycles. The summed E-state index contributed by atoms with van der Waals surface area (Å²) in [6.45, 7) is 2.15. The Bertz CT molecular complexity index is 2970. The molecular weight excluding hydrogens is 637 g/mol. The molecule has 0 radical (unpaired) electrons. The Hall–Kier alpha value is -6.76. The molecule has 0 bridgehead atoms. The molecule has 0 atom stereocenters. The fraction of sp³-hybridized carbons (Fsp3) is 0.0189. The Balaban J connectivity index is 1.20. The average molecular weight is 673 g/mol. The smallest absolute Gasteiger partial charge is 0.00259 e. The quantitative estimate of drug-likeness (QED) is 0.160. The standard InChI is InChI=1S/C53H36/c1-35-16-18-38(19-17-35)45-28-29-50-51(34-45)53(47-27-25-42-31-40(21-23-44(42)33-47)37-12-6-3-7-13-37)49-15-9-8-14-48(49)52(50)46-26-24-41-30-39(20-22-43(41)32-46)36-10-4-2-5-11-36/h2-34H,1H3. The van der Waals surface area contributed by atoms with Crippen LogP contribution < -0.4 is 0 Å². The largest absolute Gasteiger partial charge is 0.0622 e. The van der Waals surface area contributed by atoms with Crippen molar-refractivity contribution in [3.05, 3.63) is 206 Å². The first-order chi connectivity index (χ1) is 26.2. The minimum absolute atomic E-state index is 1.22. The number of hydrogen-bond acceptors (Lipinski definition) is 0. The van der Waals surface area contributed by atoms with Crippen molar-refractivity contribution in [3.8, 4) is 55.6 Å². The Labute approximate surface area is 310 Å². The van der Waals surface area contributed by atoms with E-state index in [0.717, 1.165) is 0 Å². The number of rotatable bonds is 5. The van der Waals surface area contributed by atoms with Crippen LogP contribution in [0.5, 0.6) is 0 Å². The molecule has 53 heavy (non-hydrogen) atoms. The summed E-state index contributed by atoms with van der Waals surface area (Å²) in [5.74, 6) is 0. The van der Waals surface area contributed by atoms with Crippen molar-refractivity contribution in [1.29, 1.82) is 0 Å². The Morgan fingerprint density at radius 1 is 0.226 bits per heavy atom. The van der Waals surface area contributed by atoms with E-state index in [0.29, 0.717) is 0 Å². The van der Waals surface area contributed by atoms with Gasteiger partial charge in [0.2, 0.25) is 0 Å². The fourth-order valence-electron chi connectivity index (χ4n) is 8.15. The van der Waals surface area contributed by atoms with Crippen LogP contribution in [0.4, 0.5) is 0 Å². The number of fused-ring (bicyclic) bond motifs is 4. The lowest BCUT2D eigenvalue weighted by molar-refractivity contribution is 1.47. The van der Waals surface area contributed by atoms with E-state index in [4.69, 9.17) is 0 Å². The minimum Gasteiger partial charge on any atom is -0.0622 e. The molecule has 0 aliphatic rings. The maximum absolute atomic E-state index is 2.42. The van der Waals surface area contributed by atoms with Crippen LogP contribution in [0.1, 0.15) is 5.56 Å². The second kappa shape index (κ2) is 12.8. The normalized spacial score (nSPS) is 11.5. The Morgan fingerprint density at radius 3 is 1.08 bits per heavy atom. The molecule has 0 N–H and O–H groups in total. The molecule has 10 aromatic carbocycles. The van der Waals surface area contributed by atoms with Crippen molar-refractivity contribution in [1.82, 2.24) is 0 Å². The van der Waals surface area contributed by atoms with Gasteiger partial charge in [-0.25, -0.2) is 0 Å². The molecule has 0 aromatic heterocycles. The van der Waals surface area contributed by atoms with Gasteiger partial charge in [0.05, 0.1) is 0 Å². The highest BCUT2D eigenvalue weighted by atomic mass is 14.2. The van der Waals surface area contributed by atoms with E-state index in [1.165, 1.54) is 104 Å². The van der Waals surface area contributed by atoms with Gasteiger partial charge < -0.3 is 0 Å². The van der Waals surface area contributed by atoms with Crippen LogP contribution in [-0.2, 0) is 0 Å². The first-order valence-corrected chi connectivity index (χ1v) is 18.4. The molecule has 0 spiro atoms. The highest BCUT2D eigenvalue weighted by Crippen LogP contribution is 2.46. The molecule has 0 amide bonds. The summed E-state index contributed by atoms with van der Waals surface area (Å²) in [6, 6.07) is 73.8. The summed E-state index contributed by atoms with van der Waals surface area (Å²) in [6.07, 6.45) is 0. The third kappa shape index (κ3) is 5.57. The van der Waals surface area contributed by atoms with Gasteiger partial charge in [-0.15, -0.1) is 0 Å². The van der Waals surface area contributed by atoms with E-state index in [9.17, 15) is 0 Å². The Kier molecular flexibility index (Phi) is 7.48. The first-order valence-electron chi connectivity index (χ1n) is 18.4. The number of benzene rings is 10. The lowest BCUT2D eigenvalue weighted by Crippen LogP contribution is -1.92. The molecule has 0 fully saturated rings. The van der Waals surface area contributed by atoms with Gasteiger partial charge in [0.25, 0.3) is 0 Å². The van der Waals surface area contributed by atoms with Gasteiger partial charge in [-0.3, -0.25) is 0 Å². The molecule has 0 aliphatic heterocycles. The van der Waals surface area contributed by atoms with Crippen molar-refractivity contribution in [2.75, 3.05) is 0 Å². The van der Waals surface area contributed by atoms with Gasteiger partial charge in [-0.05, 0) is 136 Å². The van der Waals surface area contributed by atoms with E-state index in [1.54, 1.807) is 0 Å². The van der Waals surface area contributed by atoms with Crippen molar-refractivity contribution in [2.24, 2.45) is 0 Å². The summed E-state index contributed by atoms with van der Waals surface area (Å²) < 4.78 is 0. The summed E-state index contributed by atoms with van der Waals surface area (Å²) in [5, 5.41) is 10.0. The first kappa shape index (κ1) is 31.0. The molecule has 10 aromatic rings. The summed E-state index contributed by atoms with van der Waals surface area (Å²) >= 11 is 0. The molecule has 0 aliphatic carbocycles. The van der Waals surface area contributed by atoms with Gasteiger partial charge >= 0.3 is 0 Å². The lowest BCUT2D eigenvalue weighted by Gasteiger charge is -2.19. The van der Waals surface area contributed by atoms with Crippen LogP contribution in [0, 0.1) is 6.92 Å². The molecule has 0 heterocycles. The SMILES string of the molecule is Cc1ccc(-c2ccc3c(-c4ccc5cc(-c6ccccc6)ccc5c4)c4ccccc4c(-c4ccc5cc(-c6ccccc6)ccc5c4)c3c2)cc1. The zero-order valence-corrected chi connectivity index (χ0v) is 29.6. The lowest BCUT2D eigenvalue weighted by atomic mass is 9.84. The van der Waals surface area contributed by atoms with Gasteiger partial charge in [0.1, 0.15) is 0 Å². The minimum atomic E-state index is 1.22. The summed E-state index contributed by atoms with van der Waals surface area (Å²) in [5.41, 5.74) is 13.7.